The molecule has 7 aromatic carbocycles. The van der Waals surface area contributed by atoms with E-state index in [9.17, 15) is 71.5 Å². The number of para-hydroxylation sites is 1. The molecule has 0 bridgehead atoms. The van der Waals surface area contributed by atoms with E-state index >= 15 is 0 Å². The first-order valence-electron chi connectivity index (χ1n) is 14.7. The van der Waals surface area contributed by atoms with Crippen LogP contribution in [0.15, 0.2) is 52.9 Å². The smallest absolute Gasteiger partial charge is 0.205 e. The van der Waals surface area contributed by atoms with Crippen LogP contribution < -0.4 is 0 Å². The largest absolute Gasteiger partial charge is 0.504 e. The normalized spacial score (nSPS) is 11.8. The molecule has 256 valence electrons. The summed E-state index contributed by atoms with van der Waals surface area (Å²) < 4.78 is 5.99. The Morgan fingerprint density at radius 3 is 1.29 bits per heavy atom. The molecule has 0 aliphatic carbocycles. The molecule has 0 unspecified atom stereocenters. The van der Waals surface area contributed by atoms with Gasteiger partial charge in [0.25, 0.3) is 0 Å². The SMILES string of the molecule is Oc1c(O)c(O)c2c(O)c(O)c(-c3c4c(O)c(O)c(O)c(O)c4c(-c4ccc5c(c4)oc4ccccc45)c4c(O)c(O)c(O)c(O)c34)cc2c1O. The molecular formula is C36H22O15. The zero-order chi connectivity index (χ0) is 36.5. The second-order valence-electron chi connectivity index (χ2n) is 11.8. The summed E-state index contributed by atoms with van der Waals surface area (Å²) in [6.07, 6.45) is 0. The van der Waals surface area contributed by atoms with Gasteiger partial charge in [0, 0.05) is 54.4 Å². The highest BCUT2D eigenvalue weighted by Crippen LogP contribution is 2.64. The molecule has 0 spiro atoms. The van der Waals surface area contributed by atoms with Crippen LogP contribution in [0.3, 0.4) is 0 Å². The van der Waals surface area contributed by atoms with Crippen molar-refractivity contribution < 1.29 is 75.9 Å². The van der Waals surface area contributed by atoms with Gasteiger partial charge in [0.15, 0.2) is 46.0 Å². The highest BCUT2D eigenvalue weighted by molar-refractivity contribution is 6.30. The molecule has 0 saturated heterocycles. The first-order chi connectivity index (χ1) is 24.2. The Kier molecular flexibility index (Phi) is 5.96. The monoisotopic (exact) mass is 694 g/mol. The van der Waals surface area contributed by atoms with E-state index in [1.807, 2.05) is 0 Å². The van der Waals surface area contributed by atoms with Crippen molar-refractivity contribution in [3.05, 3.63) is 48.5 Å². The van der Waals surface area contributed by atoms with Crippen molar-refractivity contribution in [2.75, 3.05) is 0 Å². The van der Waals surface area contributed by atoms with Gasteiger partial charge in [-0.05, 0) is 29.8 Å². The van der Waals surface area contributed by atoms with Gasteiger partial charge in [0.1, 0.15) is 11.2 Å². The molecule has 14 N–H and O–H groups in total. The number of furan rings is 1. The van der Waals surface area contributed by atoms with Gasteiger partial charge in [-0.3, -0.25) is 0 Å². The Morgan fingerprint density at radius 2 is 0.745 bits per heavy atom. The minimum Gasteiger partial charge on any atom is -0.504 e. The molecule has 0 saturated carbocycles. The average Bonchev–Trinajstić information content (AvgIpc) is 3.50. The summed E-state index contributed by atoms with van der Waals surface area (Å²) in [5.74, 6) is -17.2. The van der Waals surface area contributed by atoms with Crippen molar-refractivity contribution in [3.63, 3.8) is 0 Å². The number of benzene rings is 7. The van der Waals surface area contributed by atoms with Crippen molar-refractivity contribution in [3.8, 4) is 103 Å². The Bertz CT molecular complexity index is 2830. The molecule has 0 aliphatic heterocycles. The number of hydrogen-bond acceptors (Lipinski definition) is 15. The zero-order valence-electron chi connectivity index (χ0n) is 25.3. The second kappa shape index (κ2) is 9.93. The number of fused-ring (bicyclic) bond motifs is 6. The van der Waals surface area contributed by atoms with E-state index in [-0.39, 0.29) is 16.7 Å². The van der Waals surface area contributed by atoms with Crippen LogP contribution in [0, 0.1) is 0 Å². The lowest BCUT2D eigenvalue weighted by molar-refractivity contribution is 0.349. The summed E-state index contributed by atoms with van der Waals surface area (Å²) in [6.45, 7) is 0. The van der Waals surface area contributed by atoms with Gasteiger partial charge in [-0.2, -0.15) is 0 Å². The van der Waals surface area contributed by atoms with Crippen molar-refractivity contribution in [1.82, 2.24) is 0 Å². The minimum atomic E-state index is -1.32. The molecule has 8 aromatic rings. The summed E-state index contributed by atoms with van der Waals surface area (Å²) in [6, 6.07) is 12.3. The van der Waals surface area contributed by atoms with Gasteiger partial charge in [0.05, 0.1) is 5.39 Å². The maximum absolute atomic E-state index is 11.4. The average molecular weight is 695 g/mol. The molecule has 0 radical (unpaired) electrons. The second-order valence-corrected chi connectivity index (χ2v) is 11.8. The van der Waals surface area contributed by atoms with E-state index in [1.54, 1.807) is 30.3 Å². The van der Waals surface area contributed by atoms with Crippen LogP contribution in [-0.4, -0.2) is 71.5 Å². The summed E-state index contributed by atoms with van der Waals surface area (Å²) in [5, 5.41) is 150. The molecule has 0 atom stereocenters. The standard InChI is InChI=1S/C36H22O15/c37-23-12(8-13-18(25(23)39)26(40)32(46)31(45)24(13)38)17-21-19(27(41)33(47)35(49)29(21)43)16(20-22(17)30(44)36(50)34(48)28(20)42)9-5-6-11-10-3-1-2-4-14(10)51-15(11)7-9/h1-8,37-50H. The third kappa shape index (κ3) is 3.70. The first kappa shape index (κ1) is 30.6. The van der Waals surface area contributed by atoms with Crippen molar-refractivity contribution in [2.45, 2.75) is 0 Å². The summed E-state index contributed by atoms with van der Waals surface area (Å²) in [5.41, 5.74) is -1.01. The third-order valence-corrected chi connectivity index (χ3v) is 9.17. The maximum atomic E-state index is 11.4. The molecule has 1 aromatic heterocycles. The Morgan fingerprint density at radius 1 is 0.314 bits per heavy atom. The molecule has 0 aliphatic rings. The predicted octanol–water partition coefficient (Wildman–Crippen LogP) is 6.26. The number of aromatic hydroxyl groups is 14. The van der Waals surface area contributed by atoms with Crippen molar-refractivity contribution >= 4 is 54.3 Å². The Labute approximate surface area is 281 Å². The molecule has 0 fully saturated rings. The maximum Gasteiger partial charge on any atom is 0.205 e. The van der Waals surface area contributed by atoms with Crippen LogP contribution in [-0.2, 0) is 0 Å². The molecule has 0 amide bonds. The third-order valence-electron chi connectivity index (χ3n) is 9.17. The van der Waals surface area contributed by atoms with Crippen LogP contribution >= 0.6 is 0 Å². The quantitative estimate of drug-likeness (QED) is 0.0540. The van der Waals surface area contributed by atoms with Gasteiger partial charge < -0.3 is 75.9 Å². The predicted molar refractivity (Wildman–Crippen MR) is 180 cm³/mol. The Balaban J connectivity index is 1.67. The van der Waals surface area contributed by atoms with Gasteiger partial charge >= 0.3 is 0 Å². The number of phenols is 14. The van der Waals surface area contributed by atoms with Gasteiger partial charge in [-0.1, -0.05) is 24.3 Å². The fourth-order valence-electron chi connectivity index (χ4n) is 6.80. The molecule has 51 heavy (non-hydrogen) atoms. The molecule has 15 heteroatoms. The number of rotatable bonds is 2. The van der Waals surface area contributed by atoms with E-state index in [0.29, 0.717) is 11.0 Å². The summed E-state index contributed by atoms with van der Waals surface area (Å²) in [7, 11) is 0. The molecule has 8 rings (SSSR count). The number of hydrogen-bond donors (Lipinski definition) is 14. The lowest BCUT2D eigenvalue weighted by Crippen LogP contribution is -1.95. The van der Waals surface area contributed by atoms with E-state index in [1.165, 1.54) is 12.1 Å². The fraction of sp³-hybridized carbons (Fsp3) is 0. The van der Waals surface area contributed by atoms with Crippen LogP contribution in [0.25, 0.3) is 76.5 Å². The van der Waals surface area contributed by atoms with Gasteiger partial charge in [-0.15, -0.1) is 0 Å². The molecule has 15 nitrogen and oxygen atoms in total. The highest BCUT2D eigenvalue weighted by Gasteiger charge is 2.34. The topological polar surface area (TPSA) is 296 Å². The van der Waals surface area contributed by atoms with E-state index in [0.717, 1.165) is 11.5 Å². The fourth-order valence-corrected chi connectivity index (χ4v) is 6.80. The number of phenolic OH excluding ortho intramolecular Hbond substituents is 14. The summed E-state index contributed by atoms with van der Waals surface area (Å²) in [4.78, 5) is 0. The van der Waals surface area contributed by atoms with Crippen LogP contribution in [0.5, 0.6) is 80.5 Å². The van der Waals surface area contributed by atoms with E-state index < -0.39 is 124 Å². The van der Waals surface area contributed by atoms with Crippen LogP contribution in [0.2, 0.25) is 0 Å². The first-order valence-corrected chi connectivity index (χ1v) is 14.7. The van der Waals surface area contributed by atoms with Crippen molar-refractivity contribution in [2.24, 2.45) is 0 Å². The van der Waals surface area contributed by atoms with Crippen LogP contribution in [0.1, 0.15) is 0 Å². The van der Waals surface area contributed by atoms with Crippen molar-refractivity contribution in [1.29, 1.82) is 0 Å². The van der Waals surface area contributed by atoms with E-state index in [4.69, 9.17) is 4.42 Å². The van der Waals surface area contributed by atoms with Gasteiger partial charge in [-0.25, -0.2) is 0 Å². The molecular weight excluding hydrogens is 672 g/mol. The minimum absolute atomic E-state index is 0.0382. The lowest BCUT2D eigenvalue weighted by Gasteiger charge is -2.23. The summed E-state index contributed by atoms with van der Waals surface area (Å²) >= 11 is 0. The van der Waals surface area contributed by atoms with Gasteiger partial charge in [0.2, 0.25) is 34.5 Å². The zero-order valence-corrected chi connectivity index (χ0v) is 25.3. The Hall–Kier alpha value is -7.68. The van der Waals surface area contributed by atoms with Crippen LogP contribution in [0.4, 0.5) is 0 Å². The van der Waals surface area contributed by atoms with E-state index in [2.05, 4.69) is 0 Å². The lowest BCUT2D eigenvalue weighted by atomic mass is 9.82. The highest BCUT2D eigenvalue weighted by atomic mass is 16.4. The molecule has 1 heterocycles.